The third-order valence-electron chi connectivity index (χ3n) is 5.76. The summed E-state index contributed by atoms with van der Waals surface area (Å²) < 4.78 is 16.5. The van der Waals surface area contributed by atoms with Crippen LogP contribution in [-0.2, 0) is 16.6 Å². The molecular formula is C29H28O5. The molecule has 0 fully saturated rings. The van der Waals surface area contributed by atoms with Crippen LogP contribution in [0.4, 0.5) is 0 Å². The lowest BCUT2D eigenvalue weighted by Crippen LogP contribution is -2.11. The van der Waals surface area contributed by atoms with Gasteiger partial charge in [0.25, 0.3) is 0 Å². The molecule has 0 amide bonds. The third-order valence-corrected chi connectivity index (χ3v) is 5.76. The Morgan fingerprint density at radius 3 is 2.26 bits per heavy atom. The maximum absolute atomic E-state index is 13.0. The Bertz CT molecular complexity index is 1260. The van der Waals surface area contributed by atoms with Crippen molar-refractivity contribution in [1.29, 1.82) is 0 Å². The molecule has 174 valence electrons. The Labute approximate surface area is 200 Å². The summed E-state index contributed by atoms with van der Waals surface area (Å²) >= 11 is 0. The molecule has 0 spiro atoms. The maximum atomic E-state index is 13.0. The Kier molecular flexibility index (Phi) is 6.29. The molecule has 5 nitrogen and oxygen atoms in total. The molecule has 1 aliphatic heterocycles. The highest BCUT2D eigenvalue weighted by Gasteiger charge is 2.30. The third kappa shape index (κ3) is 5.04. The van der Waals surface area contributed by atoms with Crippen LogP contribution >= 0.6 is 0 Å². The zero-order chi connectivity index (χ0) is 24.5. The molecule has 0 saturated heterocycles. The number of Topliss-reactive ketones (excluding diaryl/α,β-unsaturated/α-hetero) is 1. The lowest BCUT2D eigenvalue weighted by atomic mass is 9.86. The molecule has 0 radical (unpaired) electrons. The molecule has 0 unspecified atom stereocenters. The molecule has 0 atom stereocenters. The average molecular weight is 457 g/mol. The first-order valence-electron chi connectivity index (χ1n) is 11.2. The van der Waals surface area contributed by atoms with Gasteiger partial charge in [-0.25, -0.2) is 0 Å². The summed E-state index contributed by atoms with van der Waals surface area (Å²) in [5.41, 5.74) is 4.16. The van der Waals surface area contributed by atoms with Gasteiger partial charge in [-0.2, -0.15) is 0 Å². The molecule has 3 aromatic rings. The van der Waals surface area contributed by atoms with Crippen LogP contribution in [0.15, 0.2) is 66.4 Å². The number of hydrogen-bond acceptors (Lipinski definition) is 5. The normalized spacial score (nSPS) is 14.0. The number of benzene rings is 3. The fourth-order valence-electron chi connectivity index (χ4n) is 3.84. The van der Waals surface area contributed by atoms with Gasteiger partial charge in [0.05, 0.1) is 19.1 Å². The standard InChI is InChI=1S/C29H28O5/c1-18-14-23(33-26(30)16-20-8-12-22(32-5)13-9-20)17-24-27(18)28(31)25(34-24)15-19-6-10-21(11-7-19)29(2,3)4/h6-15,17H,16H2,1-5H3/b25-15-. The van der Waals surface area contributed by atoms with Crippen molar-refractivity contribution >= 4 is 17.8 Å². The molecule has 5 heteroatoms. The number of carbonyl (C=O) groups is 2. The molecule has 4 rings (SSSR count). The van der Waals surface area contributed by atoms with Crippen molar-refractivity contribution in [2.24, 2.45) is 0 Å². The number of fused-ring (bicyclic) bond motifs is 1. The van der Waals surface area contributed by atoms with Gasteiger partial charge in [-0.3, -0.25) is 9.59 Å². The average Bonchev–Trinajstić information content (AvgIpc) is 3.09. The summed E-state index contributed by atoms with van der Waals surface area (Å²) in [5.74, 6) is 1.14. The Morgan fingerprint density at radius 2 is 1.65 bits per heavy atom. The number of methoxy groups -OCH3 is 1. The fraction of sp³-hybridized carbons (Fsp3) is 0.241. The van der Waals surface area contributed by atoms with Crippen molar-refractivity contribution < 1.29 is 23.8 Å². The SMILES string of the molecule is COc1ccc(CC(=O)Oc2cc(C)c3c(c2)O/C(=C\c2ccc(C(C)(C)C)cc2)C3=O)cc1. The van der Waals surface area contributed by atoms with E-state index in [2.05, 4.69) is 32.9 Å². The number of rotatable bonds is 5. The predicted molar refractivity (Wildman–Crippen MR) is 132 cm³/mol. The molecule has 0 bridgehead atoms. The van der Waals surface area contributed by atoms with E-state index in [0.29, 0.717) is 22.6 Å². The molecular weight excluding hydrogens is 428 g/mol. The van der Waals surface area contributed by atoms with Crippen LogP contribution in [-0.4, -0.2) is 18.9 Å². The second kappa shape index (κ2) is 9.18. The molecule has 0 N–H and O–H groups in total. The second-order valence-corrected chi connectivity index (χ2v) is 9.42. The smallest absolute Gasteiger partial charge is 0.315 e. The van der Waals surface area contributed by atoms with Crippen LogP contribution in [0.1, 0.15) is 53.4 Å². The predicted octanol–water partition coefficient (Wildman–Crippen LogP) is 6.07. The summed E-state index contributed by atoms with van der Waals surface area (Å²) in [6.45, 7) is 8.28. The van der Waals surface area contributed by atoms with Crippen molar-refractivity contribution in [3.05, 3.63) is 94.2 Å². The van der Waals surface area contributed by atoms with Gasteiger partial charge in [-0.05, 0) is 58.9 Å². The van der Waals surface area contributed by atoms with E-state index in [4.69, 9.17) is 14.2 Å². The summed E-state index contributed by atoms with van der Waals surface area (Å²) in [4.78, 5) is 25.4. The number of ether oxygens (including phenoxy) is 3. The van der Waals surface area contributed by atoms with Crippen molar-refractivity contribution in [3.8, 4) is 17.2 Å². The Morgan fingerprint density at radius 1 is 0.971 bits per heavy atom. The summed E-state index contributed by atoms with van der Waals surface area (Å²) in [5, 5.41) is 0. The van der Waals surface area contributed by atoms with Gasteiger partial charge in [0.2, 0.25) is 5.78 Å². The molecule has 0 saturated carbocycles. The van der Waals surface area contributed by atoms with Crippen LogP contribution < -0.4 is 14.2 Å². The van der Waals surface area contributed by atoms with Gasteiger partial charge in [0.15, 0.2) is 5.76 Å². The highest BCUT2D eigenvalue weighted by molar-refractivity contribution is 6.15. The second-order valence-electron chi connectivity index (χ2n) is 9.42. The first-order valence-corrected chi connectivity index (χ1v) is 11.2. The maximum Gasteiger partial charge on any atom is 0.315 e. The molecule has 1 heterocycles. The summed E-state index contributed by atoms with van der Waals surface area (Å²) in [7, 11) is 1.59. The number of hydrogen-bond donors (Lipinski definition) is 0. The first-order chi connectivity index (χ1) is 16.1. The van der Waals surface area contributed by atoms with E-state index in [1.165, 1.54) is 5.56 Å². The minimum atomic E-state index is -0.399. The molecule has 34 heavy (non-hydrogen) atoms. The quantitative estimate of drug-likeness (QED) is 0.265. The van der Waals surface area contributed by atoms with Crippen LogP contribution in [0.2, 0.25) is 0 Å². The largest absolute Gasteiger partial charge is 0.497 e. The number of aryl methyl sites for hydroxylation is 1. The molecule has 1 aliphatic rings. The van der Waals surface area contributed by atoms with Crippen molar-refractivity contribution in [2.75, 3.05) is 7.11 Å². The van der Waals surface area contributed by atoms with Crippen LogP contribution in [0, 0.1) is 6.92 Å². The highest BCUT2D eigenvalue weighted by Crippen LogP contribution is 2.37. The van der Waals surface area contributed by atoms with Crippen LogP contribution in [0.25, 0.3) is 6.08 Å². The van der Waals surface area contributed by atoms with Crippen molar-refractivity contribution in [2.45, 2.75) is 39.5 Å². The van der Waals surface area contributed by atoms with Crippen LogP contribution in [0.5, 0.6) is 17.2 Å². The summed E-state index contributed by atoms with van der Waals surface area (Å²) in [6, 6.07) is 18.6. The van der Waals surface area contributed by atoms with E-state index >= 15 is 0 Å². The first kappa shape index (κ1) is 23.3. The zero-order valence-corrected chi connectivity index (χ0v) is 20.1. The van der Waals surface area contributed by atoms with Gasteiger partial charge >= 0.3 is 5.97 Å². The molecule has 3 aromatic carbocycles. The number of carbonyl (C=O) groups excluding carboxylic acids is 2. The lowest BCUT2D eigenvalue weighted by Gasteiger charge is -2.18. The minimum Gasteiger partial charge on any atom is -0.497 e. The monoisotopic (exact) mass is 456 g/mol. The van der Waals surface area contributed by atoms with Gasteiger partial charge in [-0.15, -0.1) is 0 Å². The van der Waals surface area contributed by atoms with Crippen molar-refractivity contribution in [1.82, 2.24) is 0 Å². The zero-order valence-electron chi connectivity index (χ0n) is 20.1. The van der Waals surface area contributed by atoms with E-state index in [1.807, 2.05) is 31.2 Å². The molecule has 0 aromatic heterocycles. The van der Waals surface area contributed by atoms with Gasteiger partial charge in [0.1, 0.15) is 17.2 Å². The highest BCUT2D eigenvalue weighted by atomic mass is 16.5. The van der Waals surface area contributed by atoms with Crippen molar-refractivity contribution in [3.63, 3.8) is 0 Å². The molecule has 0 aliphatic carbocycles. The van der Waals surface area contributed by atoms with Crippen LogP contribution in [0.3, 0.4) is 0 Å². The number of esters is 1. The number of ketones is 1. The van der Waals surface area contributed by atoms with E-state index in [-0.39, 0.29) is 23.4 Å². The van der Waals surface area contributed by atoms with Gasteiger partial charge in [-0.1, -0.05) is 57.2 Å². The van der Waals surface area contributed by atoms with E-state index in [9.17, 15) is 9.59 Å². The van der Waals surface area contributed by atoms with E-state index in [1.54, 1.807) is 37.5 Å². The Balaban J connectivity index is 1.49. The Hall–Kier alpha value is -3.86. The van der Waals surface area contributed by atoms with E-state index < -0.39 is 5.97 Å². The summed E-state index contributed by atoms with van der Waals surface area (Å²) in [6.07, 6.45) is 1.86. The van der Waals surface area contributed by atoms with E-state index in [0.717, 1.165) is 16.9 Å². The van der Waals surface area contributed by atoms with Gasteiger partial charge in [0, 0.05) is 6.07 Å². The van der Waals surface area contributed by atoms with Gasteiger partial charge < -0.3 is 14.2 Å². The minimum absolute atomic E-state index is 0.0555. The lowest BCUT2D eigenvalue weighted by molar-refractivity contribution is -0.133. The topological polar surface area (TPSA) is 61.8 Å². The number of allylic oxidation sites excluding steroid dienone is 1. The fourth-order valence-corrected chi connectivity index (χ4v) is 3.84.